The lowest BCUT2D eigenvalue weighted by atomic mass is 9.85. The van der Waals surface area contributed by atoms with Gasteiger partial charge in [-0.3, -0.25) is 4.79 Å². The fraction of sp³-hybridized carbons (Fsp3) is 0.588. The zero-order valence-corrected chi connectivity index (χ0v) is 13.2. The van der Waals surface area contributed by atoms with E-state index in [4.69, 9.17) is 11.6 Å². The van der Waals surface area contributed by atoms with Gasteiger partial charge in [0.1, 0.15) is 0 Å². The van der Waals surface area contributed by atoms with Crippen LogP contribution < -0.4 is 10.6 Å². The molecule has 1 aliphatic carbocycles. The third kappa shape index (κ3) is 3.24. The van der Waals surface area contributed by atoms with Gasteiger partial charge in [0.05, 0.1) is 12.1 Å². The van der Waals surface area contributed by atoms with Gasteiger partial charge in [-0.05, 0) is 43.7 Å². The molecule has 0 aromatic heterocycles. The number of hydrogen-bond donors (Lipinski definition) is 2. The Labute approximate surface area is 131 Å². The van der Waals surface area contributed by atoms with Crippen molar-refractivity contribution in [3.8, 4) is 0 Å². The molecule has 4 heteroatoms. The van der Waals surface area contributed by atoms with Crippen LogP contribution in [-0.2, 0) is 4.79 Å². The van der Waals surface area contributed by atoms with Crippen LogP contribution in [0.4, 0.5) is 0 Å². The van der Waals surface area contributed by atoms with E-state index in [0.29, 0.717) is 17.0 Å². The molecule has 0 radical (unpaired) electrons. The fourth-order valence-corrected chi connectivity index (χ4v) is 4.04. The summed E-state index contributed by atoms with van der Waals surface area (Å²) in [5, 5.41) is 7.33. The van der Waals surface area contributed by atoms with Gasteiger partial charge in [-0.25, -0.2) is 0 Å². The van der Waals surface area contributed by atoms with Crippen molar-refractivity contribution in [3.05, 3.63) is 34.9 Å². The van der Waals surface area contributed by atoms with Crippen molar-refractivity contribution < 1.29 is 4.79 Å². The Morgan fingerprint density at radius 3 is 2.86 bits per heavy atom. The first kappa shape index (κ1) is 14.9. The number of rotatable bonds is 3. The standard InChI is InChI=1S/C17H23ClN2O/c1-11(13-7-3-4-8-14(13)18)19-17(21)16-10-12-6-2-5-9-15(12)20-16/h3-4,7-8,11-12,15-16,20H,2,5-6,9-10H2,1H3,(H,19,21)/t11-,12?,15?,16?/m0/s1. The van der Waals surface area contributed by atoms with Gasteiger partial charge >= 0.3 is 0 Å². The minimum Gasteiger partial charge on any atom is -0.348 e. The predicted molar refractivity (Wildman–Crippen MR) is 85.3 cm³/mol. The molecule has 2 fully saturated rings. The lowest BCUT2D eigenvalue weighted by Crippen LogP contribution is -2.43. The molecule has 1 amide bonds. The molecular weight excluding hydrogens is 284 g/mol. The highest BCUT2D eigenvalue weighted by atomic mass is 35.5. The molecular formula is C17H23ClN2O. The number of carbonyl (C=O) groups is 1. The molecule has 2 aliphatic rings. The number of fused-ring (bicyclic) bond motifs is 1. The van der Waals surface area contributed by atoms with Crippen molar-refractivity contribution in [2.24, 2.45) is 5.92 Å². The van der Waals surface area contributed by atoms with E-state index < -0.39 is 0 Å². The zero-order chi connectivity index (χ0) is 14.8. The lowest BCUT2D eigenvalue weighted by molar-refractivity contribution is -0.123. The number of amides is 1. The van der Waals surface area contributed by atoms with E-state index >= 15 is 0 Å². The molecule has 21 heavy (non-hydrogen) atoms. The molecule has 1 saturated carbocycles. The summed E-state index contributed by atoms with van der Waals surface area (Å²) < 4.78 is 0. The summed E-state index contributed by atoms with van der Waals surface area (Å²) in [7, 11) is 0. The molecule has 0 spiro atoms. The van der Waals surface area contributed by atoms with Crippen LogP contribution in [0.2, 0.25) is 5.02 Å². The average molecular weight is 307 g/mol. The van der Waals surface area contributed by atoms with Crippen molar-refractivity contribution in [1.29, 1.82) is 0 Å². The second-order valence-corrected chi connectivity index (χ2v) is 6.76. The number of hydrogen-bond acceptors (Lipinski definition) is 2. The van der Waals surface area contributed by atoms with E-state index in [-0.39, 0.29) is 18.0 Å². The van der Waals surface area contributed by atoms with Crippen molar-refractivity contribution in [2.45, 2.75) is 57.2 Å². The maximum absolute atomic E-state index is 12.5. The monoisotopic (exact) mass is 306 g/mol. The van der Waals surface area contributed by atoms with Gasteiger partial charge in [0.15, 0.2) is 0 Å². The molecule has 1 aromatic carbocycles. The van der Waals surface area contributed by atoms with Crippen LogP contribution in [0.15, 0.2) is 24.3 Å². The van der Waals surface area contributed by atoms with Crippen molar-refractivity contribution in [3.63, 3.8) is 0 Å². The first-order chi connectivity index (χ1) is 10.1. The molecule has 3 nitrogen and oxygen atoms in total. The SMILES string of the molecule is C[C@H](NC(=O)C1CC2CCCCC2N1)c1ccccc1Cl. The van der Waals surface area contributed by atoms with E-state index in [9.17, 15) is 4.79 Å². The van der Waals surface area contributed by atoms with Crippen LogP contribution in [0.3, 0.4) is 0 Å². The maximum atomic E-state index is 12.5. The van der Waals surface area contributed by atoms with Gasteiger partial charge in [0.25, 0.3) is 0 Å². The van der Waals surface area contributed by atoms with E-state index in [1.807, 2.05) is 31.2 Å². The van der Waals surface area contributed by atoms with Crippen LogP contribution in [0.25, 0.3) is 0 Å². The second kappa shape index (κ2) is 6.37. The molecule has 2 N–H and O–H groups in total. The minimum absolute atomic E-state index is 0.0389. The summed E-state index contributed by atoms with van der Waals surface area (Å²) in [6.45, 7) is 1.99. The first-order valence-electron chi connectivity index (χ1n) is 7.96. The third-order valence-corrected chi connectivity index (χ3v) is 5.25. The molecule has 3 unspecified atom stereocenters. The summed E-state index contributed by atoms with van der Waals surface area (Å²) in [6.07, 6.45) is 6.06. The Morgan fingerprint density at radius 1 is 1.33 bits per heavy atom. The normalized spacial score (nSPS) is 29.7. The molecule has 1 heterocycles. The Kier molecular flexibility index (Phi) is 4.51. The Bertz CT molecular complexity index is 505. The smallest absolute Gasteiger partial charge is 0.237 e. The second-order valence-electron chi connectivity index (χ2n) is 6.36. The summed E-state index contributed by atoms with van der Waals surface area (Å²) in [4.78, 5) is 12.5. The largest absolute Gasteiger partial charge is 0.348 e. The lowest BCUT2D eigenvalue weighted by Gasteiger charge is -2.24. The van der Waals surface area contributed by atoms with Crippen LogP contribution in [-0.4, -0.2) is 18.0 Å². The predicted octanol–water partition coefficient (Wildman–Crippen LogP) is 3.44. The van der Waals surface area contributed by atoms with Crippen molar-refractivity contribution in [1.82, 2.24) is 10.6 Å². The number of nitrogens with one attached hydrogen (secondary N) is 2. The number of halogens is 1. The van der Waals surface area contributed by atoms with Gasteiger partial charge in [0.2, 0.25) is 5.91 Å². The van der Waals surface area contributed by atoms with Gasteiger partial charge in [-0.2, -0.15) is 0 Å². The summed E-state index contributed by atoms with van der Waals surface area (Å²) in [5.74, 6) is 0.793. The summed E-state index contributed by atoms with van der Waals surface area (Å²) in [5.41, 5.74) is 0.975. The van der Waals surface area contributed by atoms with Gasteiger partial charge in [0, 0.05) is 11.1 Å². The maximum Gasteiger partial charge on any atom is 0.237 e. The first-order valence-corrected chi connectivity index (χ1v) is 8.34. The van der Waals surface area contributed by atoms with E-state index in [1.165, 1.54) is 25.7 Å². The highest BCUT2D eigenvalue weighted by Crippen LogP contribution is 2.33. The number of carbonyl (C=O) groups excluding carboxylic acids is 1. The van der Waals surface area contributed by atoms with E-state index in [2.05, 4.69) is 10.6 Å². The fourth-order valence-electron chi connectivity index (χ4n) is 3.74. The Balaban J connectivity index is 1.60. The minimum atomic E-state index is -0.0596. The Morgan fingerprint density at radius 2 is 2.10 bits per heavy atom. The van der Waals surface area contributed by atoms with Crippen LogP contribution in [0.5, 0.6) is 0 Å². The number of benzene rings is 1. The van der Waals surface area contributed by atoms with Crippen molar-refractivity contribution >= 4 is 17.5 Å². The quantitative estimate of drug-likeness (QED) is 0.898. The molecule has 1 saturated heterocycles. The van der Waals surface area contributed by atoms with Gasteiger partial charge in [-0.1, -0.05) is 42.6 Å². The van der Waals surface area contributed by atoms with Gasteiger partial charge < -0.3 is 10.6 Å². The molecule has 0 bridgehead atoms. The van der Waals surface area contributed by atoms with Crippen LogP contribution >= 0.6 is 11.6 Å². The summed E-state index contributed by atoms with van der Waals surface area (Å²) >= 11 is 6.19. The Hall–Kier alpha value is -1.06. The third-order valence-electron chi connectivity index (χ3n) is 4.91. The van der Waals surface area contributed by atoms with E-state index in [0.717, 1.165) is 12.0 Å². The highest BCUT2D eigenvalue weighted by molar-refractivity contribution is 6.31. The van der Waals surface area contributed by atoms with Gasteiger partial charge in [-0.15, -0.1) is 0 Å². The molecule has 114 valence electrons. The molecule has 1 aromatic rings. The molecule has 4 atom stereocenters. The van der Waals surface area contributed by atoms with Crippen LogP contribution in [0.1, 0.15) is 50.6 Å². The van der Waals surface area contributed by atoms with Crippen LogP contribution in [0, 0.1) is 5.92 Å². The average Bonchev–Trinajstić information content (AvgIpc) is 2.91. The molecule has 1 aliphatic heterocycles. The highest BCUT2D eigenvalue weighted by Gasteiger charge is 2.38. The zero-order valence-electron chi connectivity index (χ0n) is 12.4. The van der Waals surface area contributed by atoms with E-state index in [1.54, 1.807) is 0 Å². The molecule has 3 rings (SSSR count). The van der Waals surface area contributed by atoms with Crippen molar-refractivity contribution in [2.75, 3.05) is 0 Å². The summed E-state index contributed by atoms with van der Waals surface area (Å²) in [6, 6.07) is 8.14. The topological polar surface area (TPSA) is 41.1 Å².